The zero-order chi connectivity index (χ0) is 18.9. The van der Waals surface area contributed by atoms with Crippen LogP contribution in [0.25, 0.3) is 0 Å². The number of alkyl halides is 2. The Morgan fingerprint density at radius 2 is 2.00 bits per heavy atom. The van der Waals surface area contributed by atoms with Crippen LogP contribution >= 0.6 is 11.6 Å². The fraction of sp³-hybridized carbons (Fsp3) is 0.267. The number of aromatic nitrogens is 2. The fourth-order valence-electron chi connectivity index (χ4n) is 2.33. The molecule has 0 fully saturated rings. The molecule has 5 N–H and O–H groups in total. The Kier molecular flexibility index (Phi) is 4.90. The summed E-state index contributed by atoms with van der Waals surface area (Å²) >= 11 is 5.95. The van der Waals surface area contributed by atoms with Crippen molar-refractivity contribution in [3.8, 4) is 0 Å². The van der Waals surface area contributed by atoms with E-state index in [0.29, 0.717) is 5.71 Å². The maximum Gasteiger partial charge on any atom is 0.331 e. The van der Waals surface area contributed by atoms with E-state index >= 15 is 0 Å². The lowest BCUT2D eigenvalue weighted by Crippen LogP contribution is -2.45. The highest BCUT2D eigenvalue weighted by Crippen LogP contribution is 2.36. The highest BCUT2D eigenvalue weighted by atomic mass is 35.5. The van der Waals surface area contributed by atoms with Gasteiger partial charge < -0.3 is 5.73 Å². The molecule has 1 aliphatic rings. The Morgan fingerprint density at radius 1 is 1.31 bits per heavy atom. The third kappa shape index (κ3) is 3.39. The summed E-state index contributed by atoms with van der Waals surface area (Å²) in [6, 6.07) is 6.80. The Balaban J connectivity index is 1.95. The van der Waals surface area contributed by atoms with Crippen molar-refractivity contribution in [2.45, 2.75) is 18.9 Å². The molecule has 26 heavy (non-hydrogen) atoms. The van der Waals surface area contributed by atoms with Gasteiger partial charge in [0, 0.05) is 5.56 Å². The topological polar surface area (TPSA) is 115 Å². The molecule has 0 saturated heterocycles. The van der Waals surface area contributed by atoms with Crippen LogP contribution in [0, 0.1) is 0 Å². The number of nitrogens with one attached hydrogen (secondary N) is 1. The summed E-state index contributed by atoms with van der Waals surface area (Å²) in [5, 5.41) is 4.50. The van der Waals surface area contributed by atoms with Crippen molar-refractivity contribution in [2.75, 3.05) is 17.3 Å². The average Bonchev–Trinajstić information content (AvgIpc) is 3.02. The predicted octanol–water partition coefficient (Wildman–Crippen LogP) is 1.81. The van der Waals surface area contributed by atoms with Gasteiger partial charge in [0.05, 0.1) is 12.3 Å². The van der Waals surface area contributed by atoms with Gasteiger partial charge in [0.1, 0.15) is 11.7 Å². The number of anilines is 2. The van der Waals surface area contributed by atoms with Gasteiger partial charge in [-0.15, -0.1) is 5.48 Å². The van der Waals surface area contributed by atoms with Gasteiger partial charge in [-0.1, -0.05) is 47.1 Å². The second-order valence-corrected chi connectivity index (χ2v) is 6.02. The number of nitrogen functional groups attached to an aromatic ring is 1. The molecule has 0 radical (unpaired) electrons. The van der Waals surface area contributed by atoms with E-state index in [2.05, 4.69) is 20.6 Å². The Hall–Kier alpha value is -2.56. The molecule has 3 rings (SSSR count). The van der Waals surface area contributed by atoms with E-state index < -0.39 is 11.7 Å². The van der Waals surface area contributed by atoms with Gasteiger partial charge in [0.25, 0.3) is 0 Å². The third-order valence-corrected chi connectivity index (χ3v) is 4.12. The molecular formula is C15H16ClF2N7O. The minimum absolute atomic E-state index is 0.102. The summed E-state index contributed by atoms with van der Waals surface area (Å²) in [6.07, 6.45) is 0. The molecule has 1 unspecified atom stereocenters. The van der Waals surface area contributed by atoms with Crippen LogP contribution in [0.3, 0.4) is 0 Å². The first-order valence-electron chi connectivity index (χ1n) is 7.55. The van der Waals surface area contributed by atoms with Crippen LogP contribution in [0.2, 0.25) is 5.15 Å². The second-order valence-electron chi connectivity index (χ2n) is 5.66. The Labute approximate surface area is 152 Å². The molecule has 1 atom stereocenters. The van der Waals surface area contributed by atoms with E-state index in [1.165, 1.54) is 24.3 Å². The molecular weight excluding hydrogens is 368 g/mol. The number of oxime groups is 1. The number of nitrogens with zero attached hydrogens (tertiary/aromatic N) is 4. The number of rotatable bonds is 5. The minimum atomic E-state index is -3.47. The van der Waals surface area contributed by atoms with E-state index in [-0.39, 0.29) is 34.8 Å². The van der Waals surface area contributed by atoms with Gasteiger partial charge in [0.2, 0.25) is 5.82 Å². The van der Waals surface area contributed by atoms with Crippen molar-refractivity contribution in [3.05, 3.63) is 46.9 Å². The zero-order valence-corrected chi connectivity index (χ0v) is 14.4. The average molecular weight is 384 g/mol. The fourth-order valence-corrected chi connectivity index (χ4v) is 2.49. The summed E-state index contributed by atoms with van der Waals surface area (Å²) < 4.78 is 29.6. The number of hydroxylamine groups is 1. The standard InChI is InChI=1S/C15H16ClF2N7O/c1-8-10(24-26-23-8)7-25(20)13-11(19)12(16)21-14(22-13)15(17,18)9-5-3-2-4-6-9/h2-6,10,24H,7,19-20H2,1H3. The van der Waals surface area contributed by atoms with Crippen molar-refractivity contribution < 1.29 is 13.7 Å². The van der Waals surface area contributed by atoms with Crippen LogP contribution in [0.5, 0.6) is 0 Å². The lowest BCUT2D eigenvalue weighted by Gasteiger charge is -2.24. The molecule has 0 spiro atoms. The summed E-state index contributed by atoms with van der Waals surface area (Å²) in [6.45, 7) is 1.84. The lowest BCUT2D eigenvalue weighted by atomic mass is 10.1. The molecule has 138 valence electrons. The highest BCUT2D eigenvalue weighted by molar-refractivity contribution is 6.32. The number of benzene rings is 1. The summed E-state index contributed by atoms with van der Waals surface area (Å²) in [4.78, 5) is 12.3. The van der Waals surface area contributed by atoms with Gasteiger partial charge in [0.15, 0.2) is 11.0 Å². The highest BCUT2D eigenvalue weighted by Gasteiger charge is 2.39. The van der Waals surface area contributed by atoms with Crippen LogP contribution in [0.1, 0.15) is 18.3 Å². The number of hydrogen-bond donors (Lipinski definition) is 3. The minimum Gasteiger partial charge on any atom is -0.393 e. The van der Waals surface area contributed by atoms with Gasteiger partial charge >= 0.3 is 5.92 Å². The molecule has 1 aromatic carbocycles. The van der Waals surface area contributed by atoms with Crippen molar-refractivity contribution in [1.29, 1.82) is 0 Å². The largest absolute Gasteiger partial charge is 0.393 e. The van der Waals surface area contributed by atoms with E-state index in [1.54, 1.807) is 13.0 Å². The van der Waals surface area contributed by atoms with Gasteiger partial charge in [-0.05, 0) is 6.92 Å². The number of nitrogens with two attached hydrogens (primary N) is 2. The quantitative estimate of drug-likeness (QED) is 0.409. The van der Waals surface area contributed by atoms with E-state index in [9.17, 15) is 8.78 Å². The summed E-state index contributed by atoms with van der Waals surface area (Å²) in [7, 11) is 0. The normalized spacial score (nSPS) is 17.0. The molecule has 1 aliphatic heterocycles. The molecule has 0 bridgehead atoms. The SMILES string of the molecule is CC1=NONC1CN(N)c1nc(C(F)(F)c2ccccc2)nc(Cl)c1N. The van der Waals surface area contributed by atoms with Crippen molar-refractivity contribution in [1.82, 2.24) is 15.4 Å². The molecule has 0 amide bonds. The third-order valence-electron chi connectivity index (χ3n) is 3.84. The first-order chi connectivity index (χ1) is 12.3. The molecule has 11 heteroatoms. The van der Waals surface area contributed by atoms with Crippen LogP contribution in [0.4, 0.5) is 20.3 Å². The van der Waals surface area contributed by atoms with E-state index in [1.807, 2.05) is 0 Å². The van der Waals surface area contributed by atoms with Gasteiger partial charge in [-0.25, -0.2) is 15.8 Å². The smallest absolute Gasteiger partial charge is 0.331 e. The van der Waals surface area contributed by atoms with Crippen LogP contribution < -0.4 is 22.1 Å². The van der Waals surface area contributed by atoms with E-state index in [0.717, 1.165) is 5.01 Å². The monoisotopic (exact) mass is 383 g/mol. The number of halogens is 3. The van der Waals surface area contributed by atoms with Crippen molar-refractivity contribution in [3.63, 3.8) is 0 Å². The Morgan fingerprint density at radius 3 is 2.62 bits per heavy atom. The molecule has 0 saturated carbocycles. The van der Waals surface area contributed by atoms with Crippen molar-refractivity contribution in [2.24, 2.45) is 11.0 Å². The van der Waals surface area contributed by atoms with E-state index in [4.69, 9.17) is 28.1 Å². The first-order valence-corrected chi connectivity index (χ1v) is 7.93. The van der Waals surface area contributed by atoms with Crippen LogP contribution in [-0.4, -0.2) is 28.3 Å². The summed E-state index contributed by atoms with van der Waals surface area (Å²) in [5.41, 5.74) is 8.72. The first kappa shape index (κ1) is 18.2. The van der Waals surface area contributed by atoms with Crippen LogP contribution in [0.15, 0.2) is 35.5 Å². The molecule has 2 aromatic rings. The van der Waals surface area contributed by atoms with Crippen LogP contribution in [-0.2, 0) is 10.9 Å². The van der Waals surface area contributed by atoms with Crippen molar-refractivity contribution >= 4 is 28.8 Å². The molecule has 1 aromatic heterocycles. The maximum atomic E-state index is 14.8. The second kappa shape index (κ2) is 6.98. The number of hydrogen-bond acceptors (Lipinski definition) is 8. The molecule has 8 nitrogen and oxygen atoms in total. The lowest BCUT2D eigenvalue weighted by molar-refractivity contribution is 0.0329. The van der Waals surface area contributed by atoms with Gasteiger partial charge in [-0.3, -0.25) is 9.95 Å². The Bertz CT molecular complexity index is 834. The predicted molar refractivity (Wildman–Crippen MR) is 93.5 cm³/mol. The molecule has 0 aliphatic carbocycles. The summed E-state index contributed by atoms with van der Waals surface area (Å²) in [5.74, 6) is 1.58. The maximum absolute atomic E-state index is 14.8. The number of hydrazine groups is 1. The zero-order valence-electron chi connectivity index (χ0n) is 13.7. The molecule has 2 heterocycles. The van der Waals surface area contributed by atoms with Gasteiger partial charge in [-0.2, -0.15) is 8.78 Å².